The van der Waals surface area contributed by atoms with Crippen LogP contribution in [0.15, 0.2) is 34.0 Å². The van der Waals surface area contributed by atoms with Crippen LogP contribution in [-0.2, 0) is 16.2 Å². The molecule has 3 rings (SSSR count). The number of benzene rings is 1. The Balaban J connectivity index is 2.25. The lowest BCUT2D eigenvalue weighted by molar-refractivity contribution is -0.139. The average Bonchev–Trinajstić information content (AvgIpc) is 2.53. The molecule has 0 atom stereocenters. The van der Waals surface area contributed by atoms with Crippen molar-refractivity contribution in [2.45, 2.75) is 30.3 Å². The number of alkyl halides is 3. The van der Waals surface area contributed by atoms with Crippen molar-refractivity contribution in [2.75, 3.05) is 13.1 Å². The maximum absolute atomic E-state index is 13.4. The molecule has 0 bridgehead atoms. The van der Waals surface area contributed by atoms with Crippen LogP contribution in [0.3, 0.4) is 0 Å². The molecular weight excluding hydrogens is 345 g/mol. The van der Waals surface area contributed by atoms with Gasteiger partial charge < -0.3 is 4.98 Å². The van der Waals surface area contributed by atoms with Gasteiger partial charge in [-0.3, -0.25) is 4.79 Å². The molecule has 0 radical (unpaired) electrons. The summed E-state index contributed by atoms with van der Waals surface area (Å²) in [6.45, 7) is 0.423. The molecule has 0 amide bonds. The summed E-state index contributed by atoms with van der Waals surface area (Å²) in [5, 5.41) is 0.234. The maximum Gasteiger partial charge on any atom is 0.417 e. The lowest BCUT2D eigenvalue weighted by Gasteiger charge is -2.27. The molecule has 1 aliphatic rings. The number of halogens is 3. The summed E-state index contributed by atoms with van der Waals surface area (Å²) >= 11 is 0. The van der Waals surface area contributed by atoms with E-state index in [4.69, 9.17) is 0 Å². The maximum atomic E-state index is 13.4. The Hall–Kier alpha value is -1.87. The number of nitrogens with one attached hydrogen (secondary N) is 1. The minimum absolute atomic E-state index is 0.0487. The van der Waals surface area contributed by atoms with Gasteiger partial charge in [-0.25, -0.2) is 8.42 Å². The van der Waals surface area contributed by atoms with Crippen LogP contribution in [0.5, 0.6) is 0 Å². The van der Waals surface area contributed by atoms with Gasteiger partial charge in [0, 0.05) is 24.7 Å². The quantitative estimate of drug-likeness (QED) is 0.895. The van der Waals surface area contributed by atoms with Gasteiger partial charge in [0.2, 0.25) is 15.6 Å². The summed E-state index contributed by atoms with van der Waals surface area (Å²) in [6.07, 6.45) is -2.74. The molecule has 9 heteroatoms. The third kappa shape index (κ3) is 3.05. The van der Waals surface area contributed by atoms with E-state index in [9.17, 15) is 26.4 Å². The number of H-pyrrole nitrogens is 1. The first-order chi connectivity index (χ1) is 11.2. The van der Waals surface area contributed by atoms with Crippen LogP contribution in [-0.4, -0.2) is 30.8 Å². The number of fused-ring (bicyclic) bond motifs is 1. The fraction of sp³-hybridized carbons (Fsp3) is 0.400. The lowest BCUT2D eigenvalue weighted by atomic mass is 10.1. The minimum atomic E-state index is -4.85. The lowest BCUT2D eigenvalue weighted by Crippen LogP contribution is -2.36. The monoisotopic (exact) mass is 360 g/mol. The highest BCUT2D eigenvalue weighted by molar-refractivity contribution is 7.89. The number of nitrogens with zero attached hydrogens (tertiary/aromatic N) is 1. The van der Waals surface area contributed by atoms with Crippen molar-refractivity contribution in [3.63, 3.8) is 0 Å². The number of piperidine rings is 1. The Morgan fingerprint density at radius 2 is 1.71 bits per heavy atom. The molecule has 1 aromatic carbocycles. The highest BCUT2D eigenvalue weighted by atomic mass is 32.2. The van der Waals surface area contributed by atoms with Crippen LogP contribution in [0, 0.1) is 0 Å². The first-order valence-corrected chi connectivity index (χ1v) is 8.88. The number of hydrogen-bond donors (Lipinski definition) is 1. The molecule has 0 aliphatic carbocycles. The van der Waals surface area contributed by atoms with Crippen molar-refractivity contribution in [1.82, 2.24) is 9.29 Å². The van der Waals surface area contributed by atoms with Gasteiger partial charge in [-0.15, -0.1) is 0 Å². The highest BCUT2D eigenvalue weighted by Crippen LogP contribution is 2.37. The molecule has 1 N–H and O–H groups in total. The van der Waals surface area contributed by atoms with Gasteiger partial charge in [-0.1, -0.05) is 6.42 Å². The van der Waals surface area contributed by atoms with E-state index in [1.807, 2.05) is 0 Å². The molecule has 24 heavy (non-hydrogen) atoms. The summed E-state index contributed by atoms with van der Waals surface area (Å²) in [5.41, 5.74) is -1.86. The SMILES string of the molecule is O=c1ccc2cc(S(=O)(=O)N3CCCCC3)c(C(F)(F)F)cc2[nH]1. The molecule has 1 aromatic heterocycles. The smallest absolute Gasteiger partial charge is 0.322 e. The molecule has 5 nitrogen and oxygen atoms in total. The Morgan fingerprint density at radius 1 is 1.04 bits per heavy atom. The molecule has 1 fully saturated rings. The van der Waals surface area contributed by atoms with Crippen molar-refractivity contribution in [1.29, 1.82) is 0 Å². The molecule has 2 aromatic rings. The summed E-state index contributed by atoms with van der Waals surface area (Å²) in [6, 6.07) is 4.13. The molecule has 1 saturated heterocycles. The second-order valence-electron chi connectivity index (χ2n) is 5.72. The Labute approximate surface area is 136 Å². The van der Waals surface area contributed by atoms with Crippen LogP contribution >= 0.6 is 0 Å². The van der Waals surface area contributed by atoms with E-state index < -0.39 is 32.2 Å². The van der Waals surface area contributed by atoms with Gasteiger partial charge in [0.05, 0.1) is 10.5 Å². The number of aromatic nitrogens is 1. The number of pyridine rings is 1. The van der Waals surface area contributed by atoms with Gasteiger partial charge in [0.15, 0.2) is 0 Å². The fourth-order valence-electron chi connectivity index (χ4n) is 2.86. The van der Waals surface area contributed by atoms with Crippen LogP contribution in [0.4, 0.5) is 13.2 Å². The van der Waals surface area contributed by atoms with Crippen molar-refractivity contribution < 1.29 is 21.6 Å². The molecule has 1 aliphatic heterocycles. The Kier molecular flexibility index (Phi) is 4.16. The summed E-state index contributed by atoms with van der Waals surface area (Å²) in [4.78, 5) is 12.8. The third-order valence-electron chi connectivity index (χ3n) is 4.06. The van der Waals surface area contributed by atoms with E-state index in [2.05, 4.69) is 4.98 Å². The first kappa shape index (κ1) is 17.0. The van der Waals surface area contributed by atoms with E-state index >= 15 is 0 Å². The van der Waals surface area contributed by atoms with Crippen LogP contribution in [0.2, 0.25) is 0 Å². The Bertz CT molecular complexity index is 929. The van der Waals surface area contributed by atoms with Gasteiger partial charge in [0.25, 0.3) is 0 Å². The van der Waals surface area contributed by atoms with Crippen LogP contribution < -0.4 is 5.56 Å². The van der Waals surface area contributed by atoms with Gasteiger partial charge in [-0.05, 0) is 36.4 Å². The molecule has 2 heterocycles. The van der Waals surface area contributed by atoms with E-state index in [1.54, 1.807) is 0 Å². The van der Waals surface area contributed by atoms with Gasteiger partial charge in [-0.2, -0.15) is 17.5 Å². The minimum Gasteiger partial charge on any atom is -0.322 e. The van der Waals surface area contributed by atoms with Gasteiger partial charge >= 0.3 is 6.18 Å². The van der Waals surface area contributed by atoms with Crippen LogP contribution in [0.1, 0.15) is 24.8 Å². The second kappa shape index (κ2) is 5.89. The summed E-state index contributed by atoms with van der Waals surface area (Å²) in [5.74, 6) is 0. The highest BCUT2D eigenvalue weighted by Gasteiger charge is 2.39. The van der Waals surface area contributed by atoms with E-state index in [0.29, 0.717) is 18.9 Å². The van der Waals surface area contributed by atoms with Crippen molar-refractivity contribution >= 4 is 20.9 Å². The van der Waals surface area contributed by atoms with E-state index in [0.717, 1.165) is 22.9 Å². The van der Waals surface area contributed by atoms with E-state index in [-0.39, 0.29) is 24.0 Å². The predicted molar refractivity (Wildman–Crippen MR) is 82.2 cm³/mol. The third-order valence-corrected chi connectivity index (χ3v) is 6.00. The largest absolute Gasteiger partial charge is 0.417 e. The van der Waals surface area contributed by atoms with Gasteiger partial charge in [0.1, 0.15) is 0 Å². The molecule has 0 saturated carbocycles. The van der Waals surface area contributed by atoms with Crippen molar-refractivity contribution in [2.24, 2.45) is 0 Å². The number of rotatable bonds is 2. The molecule has 0 spiro atoms. The zero-order valence-electron chi connectivity index (χ0n) is 12.6. The Morgan fingerprint density at radius 3 is 2.33 bits per heavy atom. The molecular formula is C15H15F3N2O3S. The zero-order chi connectivity index (χ0) is 17.5. The fourth-order valence-corrected chi connectivity index (χ4v) is 4.61. The zero-order valence-corrected chi connectivity index (χ0v) is 13.4. The molecule has 130 valence electrons. The number of hydrogen-bond acceptors (Lipinski definition) is 3. The first-order valence-electron chi connectivity index (χ1n) is 7.44. The predicted octanol–water partition coefficient (Wildman–Crippen LogP) is 2.72. The second-order valence-corrected chi connectivity index (χ2v) is 7.63. The number of sulfonamides is 1. The average molecular weight is 360 g/mol. The normalized spacial score (nSPS) is 17.3. The van der Waals surface area contributed by atoms with Crippen molar-refractivity contribution in [3.05, 3.63) is 40.2 Å². The van der Waals surface area contributed by atoms with Crippen molar-refractivity contribution in [3.8, 4) is 0 Å². The topological polar surface area (TPSA) is 70.2 Å². The summed E-state index contributed by atoms with van der Waals surface area (Å²) < 4.78 is 66.7. The standard InChI is InChI=1S/C15H15F3N2O3S/c16-15(17,18)11-9-12-10(4-5-14(21)19-12)8-13(11)24(22,23)20-6-2-1-3-7-20/h4-5,8-9H,1-3,6-7H2,(H,19,21). The summed E-state index contributed by atoms with van der Waals surface area (Å²) in [7, 11) is -4.26. The molecule has 0 unspecified atom stereocenters. The van der Waals surface area contributed by atoms with E-state index in [1.165, 1.54) is 6.07 Å². The number of aromatic amines is 1. The van der Waals surface area contributed by atoms with Crippen LogP contribution in [0.25, 0.3) is 10.9 Å².